The van der Waals surface area contributed by atoms with Crippen LogP contribution in [0.15, 0.2) is 42.5 Å². The lowest BCUT2D eigenvalue weighted by Crippen LogP contribution is -2.19. The van der Waals surface area contributed by atoms with Crippen LogP contribution in [0.4, 0.5) is 0 Å². The van der Waals surface area contributed by atoms with Gasteiger partial charge >= 0.3 is 0 Å². The Labute approximate surface area is 133 Å². The molecule has 1 heterocycles. The molecule has 0 fully saturated rings. The van der Waals surface area contributed by atoms with Gasteiger partial charge in [-0.1, -0.05) is 29.8 Å². The average molecular weight is 317 g/mol. The van der Waals surface area contributed by atoms with E-state index in [2.05, 4.69) is 36.5 Å². The standard InChI is InChI=1S/C17H17ClN2S/c1-11-9-13(18)8-7-12(11)10-15(19-2)17-20-14-5-3-4-6-16(14)21-17/h3-9,15,19H,10H2,1-2H3. The molecule has 1 N–H and O–H groups in total. The molecular weight excluding hydrogens is 300 g/mol. The summed E-state index contributed by atoms with van der Waals surface area (Å²) in [6, 6.07) is 14.6. The molecule has 21 heavy (non-hydrogen) atoms. The van der Waals surface area contributed by atoms with Crippen LogP contribution in [0.3, 0.4) is 0 Å². The van der Waals surface area contributed by atoms with Crippen LogP contribution in [-0.2, 0) is 6.42 Å². The van der Waals surface area contributed by atoms with Gasteiger partial charge in [-0.05, 0) is 55.8 Å². The Bertz CT molecular complexity index is 733. The van der Waals surface area contributed by atoms with Crippen LogP contribution in [0.2, 0.25) is 5.02 Å². The first kappa shape index (κ1) is 14.5. The number of likely N-dealkylation sites (N-methyl/N-ethyl adjacent to an activating group) is 1. The predicted molar refractivity (Wildman–Crippen MR) is 91.3 cm³/mol. The zero-order valence-corrected chi connectivity index (χ0v) is 13.6. The van der Waals surface area contributed by atoms with Crippen molar-refractivity contribution in [3.8, 4) is 0 Å². The molecule has 0 amide bonds. The fraction of sp³-hybridized carbons (Fsp3) is 0.235. The Kier molecular flexibility index (Phi) is 4.24. The molecule has 1 aromatic heterocycles. The molecule has 0 radical (unpaired) electrons. The van der Waals surface area contributed by atoms with Crippen molar-refractivity contribution < 1.29 is 0 Å². The van der Waals surface area contributed by atoms with Crippen LogP contribution in [0.1, 0.15) is 22.2 Å². The van der Waals surface area contributed by atoms with Crippen LogP contribution < -0.4 is 5.32 Å². The highest BCUT2D eigenvalue weighted by molar-refractivity contribution is 7.18. The number of hydrogen-bond donors (Lipinski definition) is 1. The third kappa shape index (κ3) is 3.10. The Morgan fingerprint density at radius 2 is 2.05 bits per heavy atom. The number of aromatic nitrogens is 1. The summed E-state index contributed by atoms with van der Waals surface area (Å²) in [5.41, 5.74) is 3.60. The van der Waals surface area contributed by atoms with Crippen molar-refractivity contribution in [2.24, 2.45) is 0 Å². The van der Waals surface area contributed by atoms with Gasteiger partial charge in [0.1, 0.15) is 5.01 Å². The van der Waals surface area contributed by atoms with E-state index in [0.717, 1.165) is 22.0 Å². The number of halogens is 1. The highest BCUT2D eigenvalue weighted by Crippen LogP contribution is 2.29. The third-order valence-electron chi connectivity index (χ3n) is 3.69. The van der Waals surface area contributed by atoms with Crippen molar-refractivity contribution in [2.75, 3.05) is 7.05 Å². The number of rotatable bonds is 4. The van der Waals surface area contributed by atoms with Crippen molar-refractivity contribution in [2.45, 2.75) is 19.4 Å². The van der Waals surface area contributed by atoms with Gasteiger partial charge in [0.2, 0.25) is 0 Å². The quantitative estimate of drug-likeness (QED) is 0.750. The lowest BCUT2D eigenvalue weighted by atomic mass is 10.0. The molecule has 4 heteroatoms. The minimum absolute atomic E-state index is 0.224. The second-order valence-electron chi connectivity index (χ2n) is 5.14. The van der Waals surface area contributed by atoms with Crippen molar-refractivity contribution in [3.63, 3.8) is 0 Å². The van der Waals surface area contributed by atoms with Gasteiger partial charge in [-0.3, -0.25) is 0 Å². The lowest BCUT2D eigenvalue weighted by molar-refractivity contribution is 0.588. The summed E-state index contributed by atoms with van der Waals surface area (Å²) >= 11 is 7.79. The maximum Gasteiger partial charge on any atom is 0.111 e. The maximum absolute atomic E-state index is 6.03. The van der Waals surface area contributed by atoms with Gasteiger partial charge in [0.25, 0.3) is 0 Å². The summed E-state index contributed by atoms with van der Waals surface area (Å²) in [4.78, 5) is 4.76. The summed E-state index contributed by atoms with van der Waals surface area (Å²) < 4.78 is 1.24. The zero-order chi connectivity index (χ0) is 14.8. The zero-order valence-electron chi connectivity index (χ0n) is 12.1. The van der Waals surface area contributed by atoms with Gasteiger partial charge in [-0.15, -0.1) is 11.3 Å². The molecule has 0 saturated carbocycles. The largest absolute Gasteiger partial charge is 0.311 e. The maximum atomic E-state index is 6.03. The smallest absolute Gasteiger partial charge is 0.111 e. The highest BCUT2D eigenvalue weighted by atomic mass is 35.5. The van der Waals surface area contributed by atoms with Gasteiger partial charge in [-0.2, -0.15) is 0 Å². The molecule has 0 saturated heterocycles. The third-order valence-corrected chi connectivity index (χ3v) is 5.07. The molecule has 0 bridgehead atoms. The van der Waals surface area contributed by atoms with Crippen LogP contribution >= 0.6 is 22.9 Å². The first-order valence-electron chi connectivity index (χ1n) is 6.95. The van der Waals surface area contributed by atoms with E-state index in [9.17, 15) is 0 Å². The summed E-state index contributed by atoms with van der Waals surface area (Å²) in [6.45, 7) is 2.10. The molecular formula is C17H17ClN2S. The van der Waals surface area contributed by atoms with E-state index in [1.165, 1.54) is 15.8 Å². The van der Waals surface area contributed by atoms with E-state index in [-0.39, 0.29) is 6.04 Å². The van der Waals surface area contributed by atoms with E-state index in [0.29, 0.717) is 0 Å². The number of fused-ring (bicyclic) bond motifs is 1. The summed E-state index contributed by atoms with van der Waals surface area (Å²) in [6.07, 6.45) is 0.916. The van der Waals surface area contributed by atoms with Gasteiger partial charge in [0.05, 0.1) is 16.3 Å². The minimum Gasteiger partial charge on any atom is -0.311 e. The van der Waals surface area contributed by atoms with Crippen LogP contribution in [0, 0.1) is 6.92 Å². The Morgan fingerprint density at radius 1 is 1.24 bits per heavy atom. The molecule has 0 spiro atoms. The molecule has 1 atom stereocenters. The number of nitrogens with zero attached hydrogens (tertiary/aromatic N) is 1. The number of hydrogen-bond acceptors (Lipinski definition) is 3. The Balaban J connectivity index is 1.90. The summed E-state index contributed by atoms with van der Waals surface area (Å²) in [5, 5.41) is 5.31. The molecule has 3 aromatic rings. The first-order chi connectivity index (χ1) is 10.2. The minimum atomic E-state index is 0.224. The molecule has 108 valence electrons. The number of aryl methyl sites for hydroxylation is 1. The van der Waals surface area contributed by atoms with Gasteiger partial charge in [0.15, 0.2) is 0 Å². The van der Waals surface area contributed by atoms with Crippen molar-refractivity contribution in [3.05, 3.63) is 63.6 Å². The topological polar surface area (TPSA) is 24.9 Å². The molecule has 2 aromatic carbocycles. The highest BCUT2D eigenvalue weighted by Gasteiger charge is 2.16. The number of thiazole rings is 1. The van der Waals surface area contributed by atoms with Gasteiger partial charge in [0, 0.05) is 5.02 Å². The van der Waals surface area contributed by atoms with E-state index in [1.807, 2.05) is 25.2 Å². The number of benzene rings is 2. The number of nitrogens with one attached hydrogen (secondary N) is 1. The normalized spacial score (nSPS) is 12.7. The van der Waals surface area contributed by atoms with Crippen LogP contribution in [-0.4, -0.2) is 12.0 Å². The molecule has 1 unspecified atom stereocenters. The second kappa shape index (κ2) is 6.14. The van der Waals surface area contributed by atoms with E-state index < -0.39 is 0 Å². The average Bonchev–Trinajstić information content (AvgIpc) is 2.90. The van der Waals surface area contributed by atoms with E-state index >= 15 is 0 Å². The van der Waals surface area contributed by atoms with Crippen molar-refractivity contribution in [1.29, 1.82) is 0 Å². The van der Waals surface area contributed by atoms with E-state index in [4.69, 9.17) is 16.6 Å². The first-order valence-corrected chi connectivity index (χ1v) is 8.14. The van der Waals surface area contributed by atoms with Crippen molar-refractivity contribution >= 4 is 33.2 Å². The number of para-hydroxylation sites is 1. The monoisotopic (exact) mass is 316 g/mol. The fourth-order valence-corrected chi connectivity index (χ4v) is 3.76. The molecule has 3 rings (SSSR count). The Morgan fingerprint density at radius 3 is 2.76 bits per heavy atom. The SMILES string of the molecule is CNC(Cc1ccc(Cl)cc1C)c1nc2ccccc2s1. The van der Waals surface area contributed by atoms with Gasteiger partial charge in [-0.25, -0.2) is 4.98 Å². The van der Waals surface area contributed by atoms with Crippen molar-refractivity contribution in [1.82, 2.24) is 10.3 Å². The predicted octanol–water partition coefficient (Wildman–Crippen LogP) is 4.76. The lowest BCUT2D eigenvalue weighted by Gasteiger charge is -2.15. The second-order valence-corrected chi connectivity index (χ2v) is 6.63. The van der Waals surface area contributed by atoms with Crippen LogP contribution in [0.5, 0.6) is 0 Å². The molecule has 2 nitrogen and oxygen atoms in total. The molecule has 0 aliphatic carbocycles. The van der Waals surface area contributed by atoms with E-state index in [1.54, 1.807) is 11.3 Å². The molecule has 0 aliphatic rings. The molecule has 0 aliphatic heterocycles. The van der Waals surface area contributed by atoms with Gasteiger partial charge < -0.3 is 5.32 Å². The summed E-state index contributed by atoms with van der Waals surface area (Å²) in [7, 11) is 1.99. The summed E-state index contributed by atoms with van der Waals surface area (Å²) in [5.74, 6) is 0. The fourth-order valence-electron chi connectivity index (χ4n) is 2.46. The van der Waals surface area contributed by atoms with Crippen LogP contribution in [0.25, 0.3) is 10.2 Å². The Hall–Kier alpha value is -1.42.